The van der Waals surface area contributed by atoms with Gasteiger partial charge in [-0.2, -0.15) is 0 Å². The molecule has 4 aromatic carbocycles. The predicted molar refractivity (Wildman–Crippen MR) is 194 cm³/mol. The van der Waals surface area contributed by atoms with Gasteiger partial charge in [0.15, 0.2) is 23.0 Å². The fourth-order valence-corrected chi connectivity index (χ4v) is 8.02. The van der Waals surface area contributed by atoms with E-state index < -0.39 is 15.8 Å². The van der Waals surface area contributed by atoms with Crippen LogP contribution in [0, 0.1) is 0 Å². The van der Waals surface area contributed by atoms with E-state index in [0.29, 0.717) is 0 Å². The summed E-state index contributed by atoms with van der Waals surface area (Å²) in [6.07, 6.45) is 0. The fourth-order valence-electron chi connectivity index (χ4n) is 5.12. The van der Waals surface area contributed by atoms with Crippen LogP contribution in [0.3, 0.4) is 0 Å². The van der Waals surface area contributed by atoms with Crippen molar-refractivity contribution in [3.05, 3.63) is 107 Å². The molecule has 0 saturated heterocycles. The molecule has 2 heterocycles. The third-order valence-electron chi connectivity index (χ3n) is 7.37. The van der Waals surface area contributed by atoms with Crippen LogP contribution in [-0.4, -0.2) is 45.1 Å². The molecule has 0 amide bonds. The molecule has 45 heavy (non-hydrogen) atoms. The number of hydrogen-bond donors (Lipinski definition) is 2. The molecule has 0 spiro atoms. The normalized spacial score (nSPS) is 13.8. The zero-order valence-electron chi connectivity index (χ0n) is 25.5. The Morgan fingerprint density at radius 1 is 0.644 bits per heavy atom. The molecule has 0 bridgehead atoms. The van der Waals surface area contributed by atoms with Crippen LogP contribution in [-0.2, 0) is 15.1 Å². The zero-order chi connectivity index (χ0) is 32.5. The quantitative estimate of drug-likeness (QED) is 0.0915. The molecule has 6 nitrogen and oxygen atoms in total. The van der Waals surface area contributed by atoms with Crippen molar-refractivity contribution < 1.29 is 34.1 Å². The summed E-state index contributed by atoms with van der Waals surface area (Å²) in [5.41, 5.74) is 16.4. The fraction of sp³-hybridized carbons (Fsp3) is 0.242. The van der Waals surface area contributed by atoms with Crippen molar-refractivity contribution in [2.75, 3.05) is 40.2 Å². The molecule has 6 rings (SSSR count). The van der Waals surface area contributed by atoms with E-state index in [1.165, 1.54) is 10.6 Å². The topological polar surface area (TPSA) is 89.0 Å². The van der Waals surface area contributed by atoms with Crippen LogP contribution in [0.25, 0.3) is 0 Å². The van der Waals surface area contributed by atoms with E-state index in [2.05, 4.69) is 38.8 Å². The first-order chi connectivity index (χ1) is 21.7. The molecule has 2 atom stereocenters. The Bertz CT molecular complexity index is 1470. The Hall–Kier alpha value is -1.85. The summed E-state index contributed by atoms with van der Waals surface area (Å²) in [5.74, 6) is 3.06. The third-order valence-corrected chi connectivity index (χ3v) is 10.8. The first-order valence-corrected chi connectivity index (χ1v) is 24.0. The van der Waals surface area contributed by atoms with Crippen molar-refractivity contribution >= 4 is 62.9 Å². The molecule has 4 N–H and O–H groups in total. The number of nitrogens with two attached hydrogens (primary N) is 2. The Morgan fingerprint density at radius 2 is 1.00 bits per heavy atom. The second-order valence-electron chi connectivity index (χ2n) is 10.7. The zero-order valence-corrected chi connectivity index (χ0v) is 31.5. The van der Waals surface area contributed by atoms with E-state index in [0.717, 1.165) is 50.1 Å². The number of halogens is 2. The van der Waals surface area contributed by atoms with Crippen LogP contribution in [0.2, 0.25) is 0 Å². The Kier molecular flexibility index (Phi) is 13.9. The predicted octanol–water partition coefficient (Wildman–Crippen LogP) is 6.87. The Labute approximate surface area is 289 Å². The molecular formula is C33H38Cl2N2O4P2RuS+4. The van der Waals surface area contributed by atoms with E-state index in [9.17, 15) is 0 Å². The van der Waals surface area contributed by atoms with Gasteiger partial charge < -0.3 is 30.4 Å². The van der Waals surface area contributed by atoms with Crippen molar-refractivity contribution in [2.45, 2.75) is 12.1 Å². The summed E-state index contributed by atoms with van der Waals surface area (Å²) in [4.78, 5) is 0.775. The molecule has 12 heteroatoms. The number of benzene rings is 4. The van der Waals surface area contributed by atoms with Gasteiger partial charge in [-0.05, 0) is 35.4 Å². The maximum atomic E-state index is 6.15. The van der Waals surface area contributed by atoms with Gasteiger partial charge in [0.25, 0.3) is 0 Å². The van der Waals surface area contributed by atoms with Crippen molar-refractivity contribution in [3.63, 3.8) is 0 Å². The van der Waals surface area contributed by atoms with Gasteiger partial charge in [0.2, 0.25) is 13.6 Å². The van der Waals surface area contributed by atoms with E-state index in [4.69, 9.17) is 62.0 Å². The number of thiocarbonyl (C=S) groups is 1. The van der Waals surface area contributed by atoms with Gasteiger partial charge in [-0.25, -0.2) is 0 Å². The summed E-state index contributed by atoms with van der Waals surface area (Å²) in [6.45, 7) is 9.52. The molecule has 4 aromatic rings. The summed E-state index contributed by atoms with van der Waals surface area (Å²) in [6, 6.07) is 27.8. The molecule has 238 valence electrons. The SMILES string of the molecule is C[PH+](C)c1ccc2c(c1C(=S)c1c([PH+](C)C)ccc3c1OCO3)OCO2.NC(c1ccccc1)C(N)c1ccccc1.[Cl][Ru+2][Cl]. The second-order valence-corrected chi connectivity index (χ2v) is 18.8. The van der Waals surface area contributed by atoms with Gasteiger partial charge in [0.1, 0.15) is 10.6 Å². The van der Waals surface area contributed by atoms with Crippen molar-refractivity contribution in [1.82, 2.24) is 0 Å². The van der Waals surface area contributed by atoms with Gasteiger partial charge >= 0.3 is 34.5 Å². The van der Waals surface area contributed by atoms with Gasteiger partial charge in [0.05, 0.1) is 42.7 Å². The van der Waals surface area contributed by atoms with E-state index in [1.54, 1.807) is 0 Å². The van der Waals surface area contributed by atoms with Crippen molar-refractivity contribution in [1.29, 1.82) is 0 Å². The van der Waals surface area contributed by atoms with E-state index in [1.807, 2.05) is 72.8 Å². The molecule has 0 fully saturated rings. The van der Waals surface area contributed by atoms with E-state index in [-0.39, 0.29) is 40.8 Å². The minimum atomic E-state index is -0.747. The first kappa shape index (κ1) is 36.0. The van der Waals surface area contributed by atoms with Crippen LogP contribution < -0.4 is 41.0 Å². The summed E-state index contributed by atoms with van der Waals surface area (Å²) in [5, 5.41) is 2.51. The molecule has 0 aliphatic carbocycles. The van der Waals surface area contributed by atoms with Crippen LogP contribution in [0.1, 0.15) is 34.3 Å². The maximum absolute atomic E-state index is 6.15. The van der Waals surface area contributed by atoms with Crippen LogP contribution >= 0.6 is 47.4 Å². The first-order valence-electron chi connectivity index (χ1n) is 14.2. The molecule has 2 aliphatic heterocycles. The molecule has 2 aliphatic rings. The molecule has 0 saturated carbocycles. The average Bonchev–Trinajstić information content (AvgIpc) is 3.74. The van der Waals surface area contributed by atoms with Crippen LogP contribution in [0.15, 0.2) is 84.9 Å². The monoisotopic (exact) mass is 792 g/mol. The Balaban J connectivity index is 0.000000207. The van der Waals surface area contributed by atoms with Crippen molar-refractivity contribution in [2.24, 2.45) is 11.5 Å². The second kappa shape index (κ2) is 17.3. The standard InChI is InChI=1S/C19H20O4P2S.C14H16N2.2ClH.Ru/c1-24(2)13-7-5-11-17(22-9-20-11)15(13)19(26)16-14(25(3)4)8-6-12-18(16)23-10-21-12;15-13(11-7-3-1-4-8-11)14(16)12-9-5-2-6-10-12;;;/h5-8H,9-10H2,1-4H3;1-10,13-14H,15-16H2;2*1H;/q;;;;+4. The van der Waals surface area contributed by atoms with Gasteiger partial charge in [0, 0.05) is 27.9 Å². The van der Waals surface area contributed by atoms with E-state index >= 15 is 0 Å². The van der Waals surface area contributed by atoms with Crippen molar-refractivity contribution in [3.8, 4) is 23.0 Å². The molecule has 2 unspecified atom stereocenters. The van der Waals surface area contributed by atoms with Crippen LogP contribution in [0.4, 0.5) is 0 Å². The summed E-state index contributed by atoms with van der Waals surface area (Å²) < 4.78 is 22.9. The minimum absolute atomic E-state index is 0.163. The number of hydrogen-bond acceptors (Lipinski definition) is 7. The summed E-state index contributed by atoms with van der Waals surface area (Å²) in [7, 11) is 8.21. The Morgan fingerprint density at radius 3 is 1.33 bits per heavy atom. The number of fused-ring (bicyclic) bond motifs is 2. The van der Waals surface area contributed by atoms with Crippen LogP contribution in [0.5, 0.6) is 23.0 Å². The molecular weight excluding hydrogens is 754 g/mol. The van der Waals surface area contributed by atoms with Gasteiger partial charge in [-0.1, -0.05) is 72.9 Å². The molecule has 0 radical (unpaired) electrons. The third kappa shape index (κ3) is 8.75. The van der Waals surface area contributed by atoms with Gasteiger partial charge in [-0.3, -0.25) is 0 Å². The average molecular weight is 793 g/mol. The number of ether oxygens (including phenoxy) is 4. The summed E-state index contributed by atoms with van der Waals surface area (Å²) >= 11 is 5.70. The molecule has 0 aromatic heterocycles. The van der Waals surface area contributed by atoms with Gasteiger partial charge in [-0.15, -0.1) is 0 Å². The number of rotatable bonds is 7.